The highest BCUT2D eigenvalue weighted by molar-refractivity contribution is 5.43. The van der Waals surface area contributed by atoms with Gasteiger partial charge in [-0.1, -0.05) is 13.0 Å². The highest BCUT2D eigenvalue weighted by Gasteiger charge is 2.17. The molecule has 0 saturated carbocycles. The monoisotopic (exact) mass is 267 g/mol. The van der Waals surface area contributed by atoms with E-state index in [1.807, 2.05) is 39.0 Å². The molecule has 4 nitrogen and oxygen atoms in total. The second kappa shape index (κ2) is 6.78. The molecule has 0 radical (unpaired) electrons. The molecule has 0 saturated heterocycles. The van der Waals surface area contributed by atoms with Gasteiger partial charge < -0.3 is 9.47 Å². The number of ether oxygens (including phenoxy) is 2. The maximum absolute atomic E-state index is 5.64. The Kier molecular flexibility index (Phi) is 5.63. The Labute approximate surface area is 116 Å². The normalized spacial score (nSPS) is 13.2. The average Bonchev–Trinajstić information content (AvgIpc) is 2.37. The van der Waals surface area contributed by atoms with E-state index in [-0.39, 0.29) is 11.6 Å². The molecule has 1 aromatic carbocycles. The number of hydrogen-bond acceptors (Lipinski definition) is 4. The van der Waals surface area contributed by atoms with E-state index in [2.05, 4.69) is 12.4 Å². The lowest BCUT2D eigenvalue weighted by Gasteiger charge is -2.25. The molecule has 1 rings (SSSR count). The fourth-order valence-corrected chi connectivity index (χ4v) is 1.70. The maximum atomic E-state index is 5.64. The summed E-state index contributed by atoms with van der Waals surface area (Å²) >= 11 is 0. The standard InChI is InChI=1S/C15H25NO3/c1-7-12(16-19-15(2,3)4)11-8-9-13(17-5)14(10-11)18-6/h8-10,12,16H,7H2,1-6H3. The minimum atomic E-state index is -0.218. The van der Waals surface area contributed by atoms with E-state index in [0.29, 0.717) is 0 Å². The first kappa shape index (κ1) is 15.8. The van der Waals surface area contributed by atoms with Gasteiger partial charge in [0.25, 0.3) is 0 Å². The maximum Gasteiger partial charge on any atom is 0.161 e. The summed E-state index contributed by atoms with van der Waals surface area (Å²) in [4.78, 5) is 5.64. The SMILES string of the molecule is CCC(NOC(C)(C)C)c1ccc(OC)c(OC)c1. The first-order valence-corrected chi connectivity index (χ1v) is 6.56. The molecule has 0 aliphatic rings. The van der Waals surface area contributed by atoms with Gasteiger partial charge in [-0.3, -0.25) is 4.84 Å². The van der Waals surface area contributed by atoms with E-state index >= 15 is 0 Å². The second-order valence-electron chi connectivity index (χ2n) is 5.41. The van der Waals surface area contributed by atoms with Crippen molar-refractivity contribution in [3.63, 3.8) is 0 Å². The van der Waals surface area contributed by atoms with E-state index in [0.717, 1.165) is 23.5 Å². The van der Waals surface area contributed by atoms with E-state index in [4.69, 9.17) is 14.3 Å². The van der Waals surface area contributed by atoms with Gasteiger partial charge in [-0.2, -0.15) is 5.48 Å². The topological polar surface area (TPSA) is 39.7 Å². The van der Waals surface area contributed by atoms with Crippen molar-refractivity contribution in [1.29, 1.82) is 0 Å². The first-order valence-electron chi connectivity index (χ1n) is 6.56. The van der Waals surface area contributed by atoms with Crippen LogP contribution in [0.1, 0.15) is 45.7 Å². The zero-order valence-electron chi connectivity index (χ0n) is 12.7. The molecule has 108 valence electrons. The molecule has 0 fully saturated rings. The third-order valence-corrected chi connectivity index (χ3v) is 2.73. The summed E-state index contributed by atoms with van der Waals surface area (Å²) in [5.41, 5.74) is 4.01. The lowest BCUT2D eigenvalue weighted by Crippen LogP contribution is -2.31. The van der Waals surface area contributed by atoms with E-state index in [1.165, 1.54) is 0 Å². The van der Waals surface area contributed by atoms with Gasteiger partial charge in [-0.25, -0.2) is 0 Å². The number of benzene rings is 1. The largest absolute Gasteiger partial charge is 0.493 e. The van der Waals surface area contributed by atoms with Crippen molar-refractivity contribution in [2.24, 2.45) is 0 Å². The molecule has 0 heterocycles. The van der Waals surface area contributed by atoms with Gasteiger partial charge >= 0.3 is 0 Å². The Morgan fingerprint density at radius 1 is 1.11 bits per heavy atom. The average molecular weight is 267 g/mol. The smallest absolute Gasteiger partial charge is 0.161 e. The zero-order valence-corrected chi connectivity index (χ0v) is 12.7. The number of nitrogens with one attached hydrogen (secondary N) is 1. The van der Waals surface area contributed by atoms with E-state index in [1.54, 1.807) is 14.2 Å². The summed E-state index contributed by atoms with van der Waals surface area (Å²) in [7, 11) is 3.28. The van der Waals surface area contributed by atoms with Gasteiger partial charge in [0.1, 0.15) is 0 Å². The molecular weight excluding hydrogens is 242 g/mol. The molecule has 19 heavy (non-hydrogen) atoms. The van der Waals surface area contributed by atoms with Crippen molar-refractivity contribution in [3.8, 4) is 11.5 Å². The van der Waals surface area contributed by atoms with Crippen molar-refractivity contribution in [2.45, 2.75) is 45.8 Å². The van der Waals surface area contributed by atoms with Crippen molar-refractivity contribution in [1.82, 2.24) is 5.48 Å². The molecule has 0 bridgehead atoms. The highest BCUT2D eigenvalue weighted by Crippen LogP contribution is 2.31. The van der Waals surface area contributed by atoms with Gasteiger partial charge in [-0.15, -0.1) is 0 Å². The Balaban J connectivity index is 2.86. The molecule has 0 amide bonds. The first-order chi connectivity index (χ1) is 8.91. The Morgan fingerprint density at radius 2 is 1.74 bits per heavy atom. The quantitative estimate of drug-likeness (QED) is 0.801. The summed E-state index contributed by atoms with van der Waals surface area (Å²) in [5.74, 6) is 1.47. The van der Waals surface area contributed by atoms with Crippen molar-refractivity contribution in [3.05, 3.63) is 23.8 Å². The van der Waals surface area contributed by atoms with E-state index < -0.39 is 0 Å². The van der Waals surface area contributed by atoms with Crippen LogP contribution in [0.25, 0.3) is 0 Å². The van der Waals surface area contributed by atoms with Crippen molar-refractivity contribution < 1.29 is 14.3 Å². The molecular formula is C15H25NO3. The Hall–Kier alpha value is -1.26. The van der Waals surface area contributed by atoms with Crippen LogP contribution < -0.4 is 15.0 Å². The lowest BCUT2D eigenvalue weighted by atomic mass is 10.0. The van der Waals surface area contributed by atoms with Crippen LogP contribution in [0.5, 0.6) is 11.5 Å². The predicted octanol–water partition coefficient (Wildman–Crippen LogP) is 3.47. The van der Waals surface area contributed by atoms with Crippen LogP contribution in [-0.2, 0) is 4.84 Å². The zero-order chi connectivity index (χ0) is 14.5. The fourth-order valence-electron chi connectivity index (χ4n) is 1.70. The van der Waals surface area contributed by atoms with Crippen LogP contribution in [0, 0.1) is 0 Å². The molecule has 1 atom stereocenters. The molecule has 4 heteroatoms. The summed E-state index contributed by atoms with van der Waals surface area (Å²) < 4.78 is 10.6. The number of rotatable bonds is 6. The van der Waals surface area contributed by atoms with Crippen molar-refractivity contribution >= 4 is 0 Å². The molecule has 1 unspecified atom stereocenters. The summed E-state index contributed by atoms with van der Waals surface area (Å²) in [6, 6.07) is 6.04. The molecule has 0 aliphatic carbocycles. The molecule has 1 aromatic rings. The van der Waals surface area contributed by atoms with Crippen molar-refractivity contribution in [2.75, 3.05) is 14.2 Å². The third kappa shape index (κ3) is 4.73. The summed E-state index contributed by atoms with van der Waals surface area (Å²) in [5, 5.41) is 0. The lowest BCUT2D eigenvalue weighted by molar-refractivity contribution is -0.0896. The molecule has 0 aromatic heterocycles. The minimum Gasteiger partial charge on any atom is -0.493 e. The van der Waals surface area contributed by atoms with Crippen LogP contribution in [-0.4, -0.2) is 19.8 Å². The number of hydrogen-bond donors (Lipinski definition) is 1. The number of hydroxylamine groups is 1. The van der Waals surface area contributed by atoms with Gasteiger partial charge in [0.05, 0.1) is 25.9 Å². The van der Waals surface area contributed by atoms with Gasteiger partial charge in [0.15, 0.2) is 11.5 Å². The van der Waals surface area contributed by atoms with Gasteiger partial charge in [0.2, 0.25) is 0 Å². The summed E-state index contributed by atoms with van der Waals surface area (Å²) in [6.45, 7) is 8.16. The molecule has 0 aliphatic heterocycles. The fraction of sp³-hybridized carbons (Fsp3) is 0.600. The highest BCUT2D eigenvalue weighted by atomic mass is 16.7. The van der Waals surface area contributed by atoms with Crippen LogP contribution in [0.2, 0.25) is 0 Å². The second-order valence-corrected chi connectivity index (χ2v) is 5.41. The van der Waals surface area contributed by atoms with Gasteiger partial charge in [0, 0.05) is 0 Å². The minimum absolute atomic E-state index is 0.124. The van der Waals surface area contributed by atoms with Crippen LogP contribution in [0.4, 0.5) is 0 Å². The van der Waals surface area contributed by atoms with Crippen LogP contribution in [0.15, 0.2) is 18.2 Å². The molecule has 0 spiro atoms. The summed E-state index contributed by atoms with van der Waals surface area (Å²) in [6.07, 6.45) is 0.922. The van der Waals surface area contributed by atoms with Crippen LogP contribution >= 0.6 is 0 Å². The Morgan fingerprint density at radius 3 is 2.21 bits per heavy atom. The molecule has 1 N–H and O–H groups in total. The van der Waals surface area contributed by atoms with Crippen LogP contribution in [0.3, 0.4) is 0 Å². The van der Waals surface area contributed by atoms with E-state index in [9.17, 15) is 0 Å². The Bertz CT molecular complexity index is 399. The predicted molar refractivity (Wildman–Crippen MR) is 76.6 cm³/mol. The number of methoxy groups -OCH3 is 2. The third-order valence-electron chi connectivity index (χ3n) is 2.73. The van der Waals surface area contributed by atoms with Gasteiger partial charge in [-0.05, 0) is 44.9 Å².